The van der Waals surface area contributed by atoms with Crippen molar-refractivity contribution in [3.63, 3.8) is 0 Å². The topological polar surface area (TPSA) is 38.9 Å². The molecule has 4 heteroatoms. The molecule has 0 amide bonds. The van der Waals surface area contributed by atoms with Gasteiger partial charge in [-0.2, -0.15) is 0 Å². The second-order valence-corrected chi connectivity index (χ2v) is 13.7. The molecule has 0 fully saturated rings. The van der Waals surface area contributed by atoms with Crippen LogP contribution in [0.3, 0.4) is 0 Å². The molecule has 8 aromatic carbocycles. The standard InChI is InChI=1S/C52H32N2OS/c1-2-9-33(10-3-1)34-19-21-35(22-20-34)38-11-6-13-40(29-38)41-27-28-47-46(31-41)50-51(55-47)49(53-32-54-50)42-14-7-12-39(30-42)36-23-25-37(26-24-36)43-16-8-17-45-44-15-4-5-18-48(44)56-52(43)45/h1-32H/i1D,2D,3D,4D,5D,6D,8D,9D,10D,11D,13D,15D,16D,17D,18D,19D,20D,21D,22D,29D. The van der Waals surface area contributed by atoms with Crippen LogP contribution in [0.1, 0.15) is 27.4 Å². The van der Waals surface area contributed by atoms with Crippen molar-refractivity contribution in [1.82, 2.24) is 9.97 Å². The number of fused-ring (bicyclic) bond motifs is 6. The smallest absolute Gasteiger partial charge is 0.180 e. The maximum Gasteiger partial charge on any atom is 0.180 e. The van der Waals surface area contributed by atoms with Crippen LogP contribution in [-0.2, 0) is 0 Å². The van der Waals surface area contributed by atoms with Gasteiger partial charge in [-0.25, -0.2) is 9.97 Å². The number of hydrogen-bond donors (Lipinski definition) is 0. The van der Waals surface area contributed by atoms with Crippen LogP contribution in [0.25, 0.3) is 109 Å². The van der Waals surface area contributed by atoms with Gasteiger partial charge >= 0.3 is 0 Å². The van der Waals surface area contributed by atoms with Gasteiger partial charge in [-0.1, -0.05) is 157 Å². The van der Waals surface area contributed by atoms with Crippen molar-refractivity contribution in [3.8, 4) is 66.9 Å². The lowest BCUT2D eigenvalue weighted by molar-refractivity contribution is 0.667. The molecular weight excluding hydrogens is 701 g/mol. The zero-order valence-electron chi connectivity index (χ0n) is 48.6. The molecular formula is C52H32N2OS. The van der Waals surface area contributed by atoms with Gasteiger partial charge in [-0.15, -0.1) is 11.3 Å². The van der Waals surface area contributed by atoms with E-state index < -0.39 is 113 Å². The molecule has 0 bridgehead atoms. The Morgan fingerprint density at radius 2 is 1.11 bits per heavy atom. The van der Waals surface area contributed by atoms with E-state index in [0.29, 0.717) is 43.6 Å². The minimum Gasteiger partial charge on any atom is -0.452 e. The largest absolute Gasteiger partial charge is 0.452 e. The molecule has 0 aliphatic carbocycles. The van der Waals surface area contributed by atoms with Crippen LogP contribution in [-0.4, -0.2) is 9.97 Å². The summed E-state index contributed by atoms with van der Waals surface area (Å²) < 4.78 is 180. The summed E-state index contributed by atoms with van der Waals surface area (Å²) in [5, 5.41) is 0.758. The van der Waals surface area contributed by atoms with Crippen LogP contribution < -0.4 is 0 Å². The van der Waals surface area contributed by atoms with E-state index in [0.717, 1.165) is 22.5 Å². The Morgan fingerprint density at radius 1 is 0.464 bits per heavy atom. The fraction of sp³-hybridized carbons (Fsp3) is 0. The first-order chi connectivity index (χ1) is 36.1. The molecule has 0 N–H and O–H groups in total. The molecule has 0 saturated carbocycles. The highest BCUT2D eigenvalue weighted by Crippen LogP contribution is 2.41. The summed E-state index contributed by atoms with van der Waals surface area (Å²) in [5.41, 5.74) is 2.22. The van der Waals surface area contributed by atoms with Gasteiger partial charge in [0.15, 0.2) is 5.58 Å². The predicted molar refractivity (Wildman–Crippen MR) is 235 cm³/mol. The van der Waals surface area contributed by atoms with E-state index in [-0.39, 0.29) is 62.4 Å². The second-order valence-electron chi connectivity index (χ2n) is 12.6. The number of thiophene rings is 1. The lowest BCUT2D eigenvalue weighted by Crippen LogP contribution is -1.88. The number of benzene rings is 8. The summed E-state index contributed by atoms with van der Waals surface area (Å²) in [6.07, 6.45) is 1.34. The third-order valence-electron chi connectivity index (χ3n) is 9.37. The first kappa shape index (κ1) is 18.0. The van der Waals surface area contributed by atoms with E-state index in [1.54, 1.807) is 24.3 Å². The molecule has 0 saturated heterocycles. The number of nitrogens with zero attached hydrogens (tertiary/aromatic N) is 2. The van der Waals surface area contributed by atoms with E-state index in [9.17, 15) is 1.37 Å². The van der Waals surface area contributed by atoms with E-state index in [1.165, 1.54) is 12.4 Å². The molecule has 3 aromatic heterocycles. The van der Waals surface area contributed by atoms with Gasteiger partial charge in [0.2, 0.25) is 0 Å². The summed E-state index contributed by atoms with van der Waals surface area (Å²) >= 11 is 1.06. The molecule has 56 heavy (non-hydrogen) atoms. The Kier molecular flexibility index (Phi) is 4.28. The van der Waals surface area contributed by atoms with Gasteiger partial charge in [-0.05, 0) is 85.9 Å². The molecule has 11 aromatic rings. The minimum absolute atomic E-state index is 0.144. The lowest BCUT2D eigenvalue weighted by Gasteiger charge is -2.08. The Bertz CT molecular complexity index is 4360. The maximum atomic E-state index is 9.39. The van der Waals surface area contributed by atoms with Crippen molar-refractivity contribution >= 4 is 53.6 Å². The van der Waals surface area contributed by atoms with Crippen LogP contribution in [0.15, 0.2) is 198 Å². The SMILES string of the molecule is [2H]c1c([2H])c([2H])c(-c2c([2H])c([2H])c(-c3c([2H])c([2H])c([2H])c(-c4ccc5oc6c(-c7cccc(-c8ccc(-c9c([2H])c([2H])c([2H])c%10c9sc9c([2H])c([2H])c([2H])c([2H])c9%10)cc8)c7)ncnc6c5c4)c3[2H])c([2H])c2[2H])c([2H])c1[2H]. The van der Waals surface area contributed by atoms with Crippen LogP contribution >= 0.6 is 11.3 Å². The highest BCUT2D eigenvalue weighted by molar-refractivity contribution is 7.26. The number of aromatic nitrogens is 2. The number of rotatable bonds is 6. The molecule has 262 valence electrons. The predicted octanol–water partition coefficient (Wildman–Crippen LogP) is 14.7. The van der Waals surface area contributed by atoms with E-state index in [2.05, 4.69) is 9.97 Å². The summed E-state index contributed by atoms with van der Waals surface area (Å²) in [7, 11) is 0. The van der Waals surface area contributed by atoms with Gasteiger partial charge in [0.05, 0.1) is 27.4 Å². The summed E-state index contributed by atoms with van der Waals surface area (Å²) in [6, 6.07) is 7.57. The van der Waals surface area contributed by atoms with E-state index in [1.807, 2.05) is 36.4 Å². The average Bonchev–Trinajstić information content (AvgIpc) is 4.02. The Labute approximate surface area is 355 Å². The van der Waals surface area contributed by atoms with Crippen molar-refractivity contribution in [3.05, 3.63) is 194 Å². The second kappa shape index (κ2) is 13.3. The number of hydrogen-bond acceptors (Lipinski definition) is 4. The average molecular weight is 753 g/mol. The Hall–Kier alpha value is -7.14. The zero-order chi connectivity index (χ0) is 54.4. The quantitative estimate of drug-likeness (QED) is 0.170. The third-order valence-corrected chi connectivity index (χ3v) is 10.5. The Balaban J connectivity index is 0.980. The van der Waals surface area contributed by atoms with Crippen LogP contribution in [0.5, 0.6) is 0 Å². The van der Waals surface area contributed by atoms with Crippen molar-refractivity contribution in [2.24, 2.45) is 0 Å². The van der Waals surface area contributed by atoms with E-state index >= 15 is 0 Å². The van der Waals surface area contributed by atoms with Crippen LogP contribution in [0, 0.1) is 0 Å². The molecule has 0 unspecified atom stereocenters. The van der Waals surface area contributed by atoms with Crippen molar-refractivity contribution in [2.45, 2.75) is 0 Å². The van der Waals surface area contributed by atoms with Gasteiger partial charge < -0.3 is 4.42 Å². The zero-order valence-corrected chi connectivity index (χ0v) is 29.5. The first-order valence-electron chi connectivity index (χ1n) is 27.2. The summed E-state index contributed by atoms with van der Waals surface area (Å²) in [5.74, 6) is 0. The minimum atomic E-state index is -0.805. The van der Waals surface area contributed by atoms with Crippen molar-refractivity contribution < 1.29 is 31.8 Å². The monoisotopic (exact) mass is 752 g/mol. The number of furan rings is 1. The van der Waals surface area contributed by atoms with Crippen molar-refractivity contribution in [1.29, 1.82) is 0 Å². The molecule has 11 rings (SSSR count). The summed E-state index contributed by atoms with van der Waals surface area (Å²) in [4.78, 5) is 9.11. The lowest BCUT2D eigenvalue weighted by atomic mass is 9.96. The highest BCUT2D eigenvalue weighted by Gasteiger charge is 2.17. The van der Waals surface area contributed by atoms with Gasteiger partial charge in [0.25, 0.3) is 0 Å². The Morgan fingerprint density at radius 3 is 1.96 bits per heavy atom. The molecule has 0 atom stereocenters. The fourth-order valence-electron chi connectivity index (χ4n) is 6.70. The van der Waals surface area contributed by atoms with Gasteiger partial charge in [0, 0.05) is 31.1 Å². The highest BCUT2D eigenvalue weighted by atomic mass is 32.1. The maximum absolute atomic E-state index is 9.39. The molecule has 0 radical (unpaired) electrons. The van der Waals surface area contributed by atoms with Gasteiger partial charge in [-0.3, -0.25) is 0 Å². The fourth-order valence-corrected chi connectivity index (χ4v) is 7.78. The molecule has 0 aliphatic heterocycles. The normalized spacial score (nSPS) is 16.6. The molecule has 0 spiro atoms. The molecule has 0 aliphatic rings. The molecule has 3 nitrogen and oxygen atoms in total. The van der Waals surface area contributed by atoms with E-state index in [4.69, 9.17) is 30.5 Å². The summed E-state index contributed by atoms with van der Waals surface area (Å²) in [6.45, 7) is 0. The van der Waals surface area contributed by atoms with Gasteiger partial charge in [0.1, 0.15) is 23.1 Å². The first-order valence-corrected chi connectivity index (χ1v) is 18.0. The van der Waals surface area contributed by atoms with Crippen LogP contribution in [0.4, 0.5) is 0 Å². The third kappa shape index (κ3) is 5.58. The van der Waals surface area contributed by atoms with Crippen LogP contribution in [0.2, 0.25) is 0 Å². The van der Waals surface area contributed by atoms with Crippen molar-refractivity contribution in [2.75, 3.05) is 0 Å². The molecule has 3 heterocycles.